The molecule has 0 radical (unpaired) electrons. The van der Waals surface area contributed by atoms with Gasteiger partial charge in [-0.1, -0.05) is 6.07 Å². The summed E-state index contributed by atoms with van der Waals surface area (Å²) < 4.78 is 1.78. The fourth-order valence-electron chi connectivity index (χ4n) is 4.09. The van der Waals surface area contributed by atoms with E-state index in [0.717, 1.165) is 4.88 Å². The minimum atomic E-state index is -0.627. The number of carbonyl (C=O) groups excluding carboxylic acids is 2. The van der Waals surface area contributed by atoms with Crippen molar-refractivity contribution in [1.29, 1.82) is 0 Å². The van der Waals surface area contributed by atoms with Crippen LogP contribution in [0.1, 0.15) is 28.2 Å². The standard InChI is InChI=1S/C24H24N8O2S/c1-17(20-5-3-11-35-20)29-23(33)19-14-30(24(34)18-4-2-6-25-13-18)9-10-32(19)22-12-21(27-15-28-22)31-8-7-26-16-31/h2-8,11-13,15-17,19H,9-10,14H2,1H3,(H,29,33). The Balaban J connectivity index is 1.42. The van der Waals surface area contributed by atoms with E-state index in [9.17, 15) is 9.59 Å². The van der Waals surface area contributed by atoms with Crippen LogP contribution >= 0.6 is 11.3 Å². The summed E-state index contributed by atoms with van der Waals surface area (Å²) in [6.45, 7) is 3.07. The van der Waals surface area contributed by atoms with Gasteiger partial charge in [0.15, 0.2) is 0 Å². The van der Waals surface area contributed by atoms with Gasteiger partial charge in [0.2, 0.25) is 5.91 Å². The van der Waals surface area contributed by atoms with Crippen LogP contribution in [0.15, 0.2) is 73.2 Å². The molecule has 2 atom stereocenters. The zero-order valence-corrected chi connectivity index (χ0v) is 19.9. The second-order valence-corrected chi connectivity index (χ2v) is 9.13. The van der Waals surface area contributed by atoms with Gasteiger partial charge in [-0.25, -0.2) is 15.0 Å². The van der Waals surface area contributed by atoms with E-state index in [0.29, 0.717) is 30.3 Å². The molecule has 11 heteroatoms. The van der Waals surface area contributed by atoms with Crippen molar-refractivity contribution in [1.82, 2.24) is 34.7 Å². The maximum Gasteiger partial charge on any atom is 0.255 e. The van der Waals surface area contributed by atoms with Crippen LogP contribution in [0.25, 0.3) is 5.82 Å². The zero-order chi connectivity index (χ0) is 24.2. The number of nitrogens with one attached hydrogen (secondary N) is 1. The summed E-state index contributed by atoms with van der Waals surface area (Å²) in [5.41, 5.74) is 0.497. The van der Waals surface area contributed by atoms with Gasteiger partial charge in [-0.15, -0.1) is 11.3 Å². The van der Waals surface area contributed by atoms with Gasteiger partial charge >= 0.3 is 0 Å². The predicted octanol–water partition coefficient (Wildman–Crippen LogP) is 2.33. The summed E-state index contributed by atoms with van der Waals surface area (Å²) in [4.78, 5) is 48.3. The highest BCUT2D eigenvalue weighted by Gasteiger charge is 2.36. The number of anilines is 1. The Morgan fingerprint density at radius 3 is 2.74 bits per heavy atom. The molecule has 178 valence electrons. The third kappa shape index (κ3) is 4.90. The molecule has 4 aromatic heterocycles. The fourth-order valence-corrected chi connectivity index (χ4v) is 4.82. The minimum absolute atomic E-state index is 0.149. The Morgan fingerprint density at radius 2 is 2.00 bits per heavy atom. The molecule has 2 unspecified atom stereocenters. The monoisotopic (exact) mass is 488 g/mol. The van der Waals surface area contributed by atoms with Crippen LogP contribution in [0.3, 0.4) is 0 Å². The Morgan fingerprint density at radius 1 is 1.11 bits per heavy atom. The molecule has 1 N–H and O–H groups in total. The molecule has 5 rings (SSSR count). The first kappa shape index (κ1) is 22.7. The van der Waals surface area contributed by atoms with Crippen molar-refractivity contribution in [2.75, 3.05) is 24.5 Å². The van der Waals surface area contributed by atoms with E-state index in [1.165, 1.54) is 6.33 Å². The highest BCUT2D eigenvalue weighted by Crippen LogP contribution is 2.23. The lowest BCUT2D eigenvalue weighted by molar-refractivity contribution is -0.123. The SMILES string of the molecule is CC(NC(=O)C1CN(C(=O)c2cccnc2)CCN1c1cc(-n2ccnc2)ncn1)c1cccs1. The number of imidazole rings is 1. The zero-order valence-electron chi connectivity index (χ0n) is 19.1. The Bertz CT molecular complexity index is 1280. The van der Waals surface area contributed by atoms with Gasteiger partial charge in [0.25, 0.3) is 5.91 Å². The van der Waals surface area contributed by atoms with E-state index in [2.05, 4.69) is 25.3 Å². The van der Waals surface area contributed by atoms with Crippen LogP contribution in [0.2, 0.25) is 0 Å². The first-order valence-electron chi connectivity index (χ1n) is 11.2. The maximum absolute atomic E-state index is 13.5. The Hall–Kier alpha value is -4.12. The molecular formula is C24H24N8O2S. The minimum Gasteiger partial charge on any atom is -0.347 e. The normalized spacial score (nSPS) is 16.7. The molecule has 2 amide bonds. The Kier molecular flexibility index (Phi) is 6.49. The van der Waals surface area contributed by atoms with Gasteiger partial charge in [-0.3, -0.25) is 19.1 Å². The van der Waals surface area contributed by atoms with Crippen molar-refractivity contribution in [3.8, 4) is 5.82 Å². The number of amides is 2. The highest BCUT2D eigenvalue weighted by molar-refractivity contribution is 7.10. The predicted molar refractivity (Wildman–Crippen MR) is 131 cm³/mol. The summed E-state index contributed by atoms with van der Waals surface area (Å²) in [6.07, 6.45) is 9.77. The lowest BCUT2D eigenvalue weighted by atomic mass is 10.1. The summed E-state index contributed by atoms with van der Waals surface area (Å²) in [6, 6.07) is 8.46. The van der Waals surface area contributed by atoms with Gasteiger partial charge in [0.1, 0.15) is 30.3 Å². The molecule has 1 saturated heterocycles. The van der Waals surface area contributed by atoms with Crippen molar-refractivity contribution in [2.45, 2.75) is 19.0 Å². The van der Waals surface area contributed by atoms with E-state index >= 15 is 0 Å². The lowest BCUT2D eigenvalue weighted by Gasteiger charge is -2.41. The summed E-state index contributed by atoms with van der Waals surface area (Å²) in [5, 5.41) is 5.10. The van der Waals surface area contributed by atoms with E-state index in [-0.39, 0.29) is 24.4 Å². The van der Waals surface area contributed by atoms with E-state index in [1.54, 1.807) is 64.1 Å². The van der Waals surface area contributed by atoms with E-state index < -0.39 is 6.04 Å². The van der Waals surface area contributed by atoms with E-state index in [4.69, 9.17) is 0 Å². The first-order valence-corrected chi connectivity index (χ1v) is 12.1. The molecular weight excluding hydrogens is 464 g/mol. The number of hydrogen-bond donors (Lipinski definition) is 1. The molecule has 10 nitrogen and oxygen atoms in total. The number of rotatable bonds is 6. The topological polar surface area (TPSA) is 109 Å². The molecule has 5 heterocycles. The van der Waals surface area contributed by atoms with Crippen LogP contribution in [-0.2, 0) is 4.79 Å². The van der Waals surface area contributed by atoms with Crippen LogP contribution in [0.5, 0.6) is 0 Å². The summed E-state index contributed by atoms with van der Waals surface area (Å²) in [5.74, 6) is 0.939. The lowest BCUT2D eigenvalue weighted by Crippen LogP contribution is -2.60. The smallest absolute Gasteiger partial charge is 0.255 e. The molecule has 0 spiro atoms. The van der Waals surface area contributed by atoms with Crippen LogP contribution in [-0.4, -0.2) is 66.9 Å². The van der Waals surface area contributed by atoms with Gasteiger partial charge in [0.05, 0.1) is 18.2 Å². The molecule has 4 aromatic rings. The van der Waals surface area contributed by atoms with E-state index in [1.807, 2.05) is 35.4 Å². The number of carbonyl (C=O) groups is 2. The van der Waals surface area contributed by atoms with Crippen LogP contribution < -0.4 is 10.2 Å². The number of aromatic nitrogens is 5. The van der Waals surface area contributed by atoms with Crippen LogP contribution in [0.4, 0.5) is 5.82 Å². The molecule has 0 saturated carbocycles. The average Bonchev–Trinajstić information content (AvgIpc) is 3.64. The highest BCUT2D eigenvalue weighted by atomic mass is 32.1. The molecule has 0 bridgehead atoms. The number of pyridine rings is 1. The van der Waals surface area contributed by atoms with Crippen molar-refractivity contribution in [3.05, 3.63) is 83.6 Å². The molecule has 0 aromatic carbocycles. The van der Waals surface area contributed by atoms with Crippen molar-refractivity contribution >= 4 is 29.0 Å². The molecule has 0 aliphatic carbocycles. The average molecular weight is 489 g/mol. The molecule has 1 fully saturated rings. The number of hydrogen-bond acceptors (Lipinski definition) is 8. The third-order valence-electron chi connectivity index (χ3n) is 5.91. The first-order chi connectivity index (χ1) is 17.1. The van der Waals surface area contributed by atoms with Crippen molar-refractivity contribution < 1.29 is 9.59 Å². The molecule has 1 aliphatic rings. The van der Waals surface area contributed by atoms with Gasteiger partial charge in [-0.2, -0.15) is 0 Å². The summed E-state index contributed by atoms with van der Waals surface area (Å²) >= 11 is 1.59. The third-order valence-corrected chi connectivity index (χ3v) is 6.96. The van der Waals surface area contributed by atoms with Crippen molar-refractivity contribution in [3.63, 3.8) is 0 Å². The second-order valence-electron chi connectivity index (χ2n) is 8.15. The summed E-state index contributed by atoms with van der Waals surface area (Å²) in [7, 11) is 0. The number of piperazine rings is 1. The molecule has 35 heavy (non-hydrogen) atoms. The largest absolute Gasteiger partial charge is 0.347 e. The van der Waals surface area contributed by atoms with Crippen molar-refractivity contribution in [2.24, 2.45) is 0 Å². The number of thiophene rings is 1. The fraction of sp³-hybridized carbons (Fsp3) is 0.250. The van der Waals surface area contributed by atoms with Gasteiger partial charge in [-0.05, 0) is 30.5 Å². The van der Waals surface area contributed by atoms with Gasteiger partial charge < -0.3 is 15.1 Å². The second kappa shape index (κ2) is 10.0. The van der Waals surface area contributed by atoms with Crippen LogP contribution in [0, 0.1) is 0 Å². The molecule has 1 aliphatic heterocycles. The Labute approximate surface area is 206 Å². The maximum atomic E-state index is 13.5. The quantitative estimate of drug-likeness (QED) is 0.444. The van der Waals surface area contributed by atoms with Gasteiger partial charge in [0, 0.05) is 48.8 Å². The number of nitrogens with zero attached hydrogens (tertiary/aromatic N) is 7.